The predicted molar refractivity (Wildman–Crippen MR) is 327 cm³/mol. The van der Waals surface area contributed by atoms with E-state index in [9.17, 15) is 0 Å². The molecule has 12 rings (SSSR count). The van der Waals surface area contributed by atoms with Crippen LogP contribution in [0.25, 0.3) is 33.1 Å². The van der Waals surface area contributed by atoms with Gasteiger partial charge in [-0.2, -0.15) is 0 Å². The molecule has 3 heterocycles. The molecular weight excluding hydrogens is 922 g/mol. The fourth-order valence-corrected chi connectivity index (χ4v) is 11.9. The molecule has 0 spiro atoms. The first kappa shape index (κ1) is 49.1. The minimum absolute atomic E-state index is 0.0252. The summed E-state index contributed by atoms with van der Waals surface area (Å²) in [6, 6.07) is 71.2. The van der Waals surface area contributed by atoms with Crippen molar-refractivity contribution in [3.63, 3.8) is 0 Å². The van der Waals surface area contributed by atoms with Gasteiger partial charge in [-0.15, -0.1) is 0 Å². The number of furan rings is 1. The third kappa shape index (κ3) is 8.40. The Bertz CT molecular complexity index is 3800. The lowest BCUT2D eigenvalue weighted by molar-refractivity contribution is 0.590. The molecule has 76 heavy (non-hydrogen) atoms. The van der Waals surface area contributed by atoms with Crippen LogP contribution in [-0.2, 0) is 21.7 Å². The molecule has 1 aromatic heterocycles. The molecule has 0 N–H and O–H groups in total. The Balaban J connectivity index is 1.11. The molecule has 0 atom stereocenters. The van der Waals surface area contributed by atoms with E-state index in [1.165, 1.54) is 67.0 Å². The monoisotopic (exact) mass is 992 g/mol. The number of nitrogens with zero attached hydrogens (tertiary/aromatic N) is 3. The van der Waals surface area contributed by atoms with Crippen LogP contribution in [0.1, 0.15) is 111 Å². The van der Waals surface area contributed by atoms with Crippen LogP contribution in [0.3, 0.4) is 0 Å². The van der Waals surface area contributed by atoms with Crippen molar-refractivity contribution < 1.29 is 4.42 Å². The van der Waals surface area contributed by atoms with Crippen molar-refractivity contribution in [2.75, 3.05) is 14.7 Å². The zero-order valence-corrected chi connectivity index (χ0v) is 46.7. The standard InChI is InChI=1S/C71H70BN3O/c1-45-41-62-67-63(42-45)75(53-30-21-46(22-31-53)56-18-16-20-65-66(56)57-17-14-15-19-64(57)76-65)61-44-55(73(51-32-23-47(24-33-51)68(2,3)4)52-34-25-48(26-35-52)69(5,6)7)38-39-58(61)72(67)59-43-50(71(11,12)13)29-40-60(59)74(62)54-36-27-49(28-37-54)70(8,9)10/h14-44H,1-13H3. The Kier molecular flexibility index (Phi) is 11.4. The molecule has 9 aromatic carbocycles. The molecule has 0 unspecified atom stereocenters. The summed E-state index contributed by atoms with van der Waals surface area (Å²) in [6.07, 6.45) is 0. The highest BCUT2D eigenvalue weighted by Gasteiger charge is 2.44. The summed E-state index contributed by atoms with van der Waals surface area (Å²) in [7, 11) is 0. The van der Waals surface area contributed by atoms with Crippen molar-refractivity contribution in [1.82, 2.24) is 0 Å². The van der Waals surface area contributed by atoms with Crippen molar-refractivity contribution in [2.45, 2.75) is 112 Å². The first-order valence-electron chi connectivity index (χ1n) is 27.3. The van der Waals surface area contributed by atoms with Crippen LogP contribution >= 0.6 is 0 Å². The minimum Gasteiger partial charge on any atom is -0.456 e. The highest BCUT2D eigenvalue weighted by molar-refractivity contribution is 7.00. The molecule has 5 heteroatoms. The molecule has 0 amide bonds. The molecule has 378 valence electrons. The smallest absolute Gasteiger partial charge is 0.252 e. The van der Waals surface area contributed by atoms with E-state index in [0.717, 1.165) is 61.5 Å². The fourth-order valence-electron chi connectivity index (χ4n) is 11.9. The van der Waals surface area contributed by atoms with Gasteiger partial charge in [-0.05, 0) is 175 Å². The van der Waals surface area contributed by atoms with Gasteiger partial charge in [0.15, 0.2) is 0 Å². The third-order valence-electron chi connectivity index (χ3n) is 16.1. The van der Waals surface area contributed by atoms with Gasteiger partial charge >= 0.3 is 0 Å². The number of para-hydroxylation sites is 1. The van der Waals surface area contributed by atoms with Gasteiger partial charge in [-0.3, -0.25) is 0 Å². The molecule has 0 aliphatic carbocycles. The lowest BCUT2D eigenvalue weighted by Crippen LogP contribution is -2.61. The van der Waals surface area contributed by atoms with E-state index in [2.05, 4.69) is 287 Å². The Morgan fingerprint density at radius 1 is 0.395 bits per heavy atom. The van der Waals surface area contributed by atoms with Crippen molar-refractivity contribution in [3.8, 4) is 11.1 Å². The van der Waals surface area contributed by atoms with E-state index < -0.39 is 0 Å². The van der Waals surface area contributed by atoms with Crippen LogP contribution in [0.2, 0.25) is 0 Å². The van der Waals surface area contributed by atoms with E-state index in [1.54, 1.807) is 0 Å². The van der Waals surface area contributed by atoms with Crippen molar-refractivity contribution in [1.29, 1.82) is 0 Å². The van der Waals surface area contributed by atoms with Gasteiger partial charge in [0.25, 0.3) is 6.71 Å². The van der Waals surface area contributed by atoms with Gasteiger partial charge in [0.2, 0.25) is 0 Å². The number of rotatable bonds is 6. The average Bonchev–Trinajstić information content (AvgIpc) is 3.92. The van der Waals surface area contributed by atoms with Gasteiger partial charge in [0.05, 0.1) is 0 Å². The number of hydrogen-bond acceptors (Lipinski definition) is 4. The Labute approximate surface area is 451 Å². The molecule has 0 saturated carbocycles. The summed E-state index contributed by atoms with van der Waals surface area (Å²) < 4.78 is 6.39. The van der Waals surface area contributed by atoms with Crippen LogP contribution < -0.4 is 31.1 Å². The molecule has 0 bridgehead atoms. The SMILES string of the molecule is Cc1cc2c3c(c1)N(c1ccc(-c4cccc5oc6ccccc6c45)cc1)c1cc(N(c4ccc(C(C)(C)C)cc4)c4ccc(C(C)(C)C)cc4)ccc1B3c1cc(C(C)(C)C)ccc1N2c1ccc(C(C)(C)C)cc1. The molecule has 2 aliphatic heterocycles. The first-order valence-corrected chi connectivity index (χ1v) is 27.3. The Morgan fingerprint density at radius 2 is 0.882 bits per heavy atom. The van der Waals surface area contributed by atoms with E-state index in [4.69, 9.17) is 4.42 Å². The lowest BCUT2D eigenvalue weighted by atomic mass is 9.33. The zero-order chi connectivity index (χ0) is 53.2. The van der Waals surface area contributed by atoms with E-state index in [-0.39, 0.29) is 28.4 Å². The molecule has 0 fully saturated rings. The highest BCUT2D eigenvalue weighted by atomic mass is 16.3. The summed E-state index contributed by atoms with van der Waals surface area (Å²) in [5, 5.41) is 2.27. The summed E-state index contributed by atoms with van der Waals surface area (Å²) in [4.78, 5) is 7.54. The zero-order valence-electron chi connectivity index (χ0n) is 46.7. The average molecular weight is 992 g/mol. The number of hydrogen-bond donors (Lipinski definition) is 0. The molecule has 10 aromatic rings. The number of fused-ring (bicyclic) bond motifs is 7. The van der Waals surface area contributed by atoms with Crippen LogP contribution in [0.4, 0.5) is 51.2 Å². The Hall–Kier alpha value is -7.76. The van der Waals surface area contributed by atoms with Crippen LogP contribution in [-0.4, -0.2) is 6.71 Å². The first-order chi connectivity index (χ1) is 36.1. The van der Waals surface area contributed by atoms with E-state index in [0.29, 0.717) is 0 Å². The number of benzene rings is 9. The van der Waals surface area contributed by atoms with Crippen LogP contribution in [0, 0.1) is 6.92 Å². The molecule has 0 radical (unpaired) electrons. The highest BCUT2D eigenvalue weighted by Crippen LogP contribution is 2.48. The van der Waals surface area contributed by atoms with Crippen molar-refractivity contribution >= 4 is 96.2 Å². The van der Waals surface area contributed by atoms with Crippen LogP contribution in [0.15, 0.2) is 192 Å². The van der Waals surface area contributed by atoms with Crippen molar-refractivity contribution in [3.05, 3.63) is 216 Å². The van der Waals surface area contributed by atoms with Gasteiger partial charge < -0.3 is 19.1 Å². The quantitative estimate of drug-likeness (QED) is 0.155. The maximum Gasteiger partial charge on any atom is 0.252 e. The normalized spacial score (nSPS) is 13.5. The van der Waals surface area contributed by atoms with Crippen LogP contribution in [0.5, 0.6) is 0 Å². The minimum atomic E-state index is -0.0572. The largest absolute Gasteiger partial charge is 0.456 e. The second-order valence-corrected chi connectivity index (χ2v) is 25.6. The summed E-state index contributed by atoms with van der Waals surface area (Å²) >= 11 is 0. The fraction of sp³-hybridized carbons (Fsp3) is 0.239. The topological polar surface area (TPSA) is 22.9 Å². The Morgan fingerprint density at radius 3 is 1.45 bits per heavy atom. The maximum atomic E-state index is 6.39. The predicted octanol–water partition coefficient (Wildman–Crippen LogP) is 18.3. The molecule has 4 nitrogen and oxygen atoms in total. The van der Waals surface area contributed by atoms with Gasteiger partial charge in [-0.25, -0.2) is 0 Å². The molecular formula is C71H70BN3O. The second kappa shape index (κ2) is 17.7. The number of anilines is 9. The number of aryl methyl sites for hydroxylation is 1. The van der Waals surface area contributed by atoms with Gasteiger partial charge in [0.1, 0.15) is 11.2 Å². The maximum absolute atomic E-state index is 6.39. The summed E-state index contributed by atoms with van der Waals surface area (Å²) in [6.45, 7) is 29.8. The van der Waals surface area contributed by atoms with Crippen molar-refractivity contribution in [2.24, 2.45) is 0 Å². The van der Waals surface area contributed by atoms with E-state index >= 15 is 0 Å². The molecule has 2 aliphatic rings. The van der Waals surface area contributed by atoms with Gasteiger partial charge in [0, 0.05) is 62.0 Å². The second-order valence-electron chi connectivity index (χ2n) is 25.6. The lowest BCUT2D eigenvalue weighted by Gasteiger charge is -2.45. The summed E-state index contributed by atoms with van der Waals surface area (Å²) in [5.74, 6) is 0. The van der Waals surface area contributed by atoms with Gasteiger partial charge in [-0.1, -0.05) is 180 Å². The van der Waals surface area contributed by atoms with E-state index in [1.807, 2.05) is 6.07 Å². The summed E-state index contributed by atoms with van der Waals surface area (Å²) in [5.41, 5.74) is 24.9. The third-order valence-corrected chi connectivity index (χ3v) is 16.1. The molecule has 0 saturated heterocycles.